The molecule has 0 radical (unpaired) electrons. The van der Waals surface area contributed by atoms with Crippen LogP contribution in [0.3, 0.4) is 0 Å². The van der Waals surface area contributed by atoms with Crippen LogP contribution in [0.1, 0.15) is 18.7 Å². The van der Waals surface area contributed by atoms with E-state index in [-0.39, 0.29) is 12.4 Å². The molecular formula is C9H11BrFNO3. The Bertz CT molecular complexity index is 342. The Morgan fingerprint density at radius 3 is 2.87 bits per heavy atom. The third kappa shape index (κ3) is 3.04. The smallest absolute Gasteiger partial charge is 0.342 e. The topological polar surface area (TPSA) is 65.5 Å². The number of hydrogen-bond acceptors (Lipinski definition) is 4. The maximum atomic E-state index is 13.4. The predicted molar refractivity (Wildman–Crippen MR) is 54.9 cm³/mol. The number of carbonyl (C=O) groups excluding carboxylic acids is 1. The van der Waals surface area contributed by atoms with E-state index >= 15 is 0 Å². The number of halogens is 2. The van der Waals surface area contributed by atoms with E-state index in [1.807, 2.05) is 0 Å². The number of rotatable bonds is 4. The van der Waals surface area contributed by atoms with Gasteiger partial charge in [0.05, 0.1) is 6.61 Å². The summed E-state index contributed by atoms with van der Waals surface area (Å²) in [6.07, 6.45) is -1.91. The highest BCUT2D eigenvalue weighted by atomic mass is 79.9. The number of nitrogens with two attached hydrogens (primary N) is 1. The third-order valence-corrected chi connectivity index (χ3v) is 2.18. The van der Waals surface area contributed by atoms with Crippen molar-refractivity contribution in [1.82, 2.24) is 0 Å². The van der Waals surface area contributed by atoms with Crippen molar-refractivity contribution in [1.29, 1.82) is 0 Å². The Hall–Kier alpha value is -0.880. The molecule has 0 fully saturated rings. The Balaban J connectivity index is 2.67. The highest BCUT2D eigenvalue weighted by Gasteiger charge is 2.29. The lowest BCUT2D eigenvalue weighted by atomic mass is 10.1. The van der Waals surface area contributed by atoms with E-state index in [9.17, 15) is 9.18 Å². The van der Waals surface area contributed by atoms with Crippen LogP contribution < -0.4 is 5.73 Å². The van der Waals surface area contributed by atoms with Crippen LogP contribution in [-0.2, 0) is 9.53 Å². The maximum absolute atomic E-state index is 13.4. The van der Waals surface area contributed by atoms with Gasteiger partial charge in [-0.2, -0.15) is 0 Å². The second-order valence-electron chi connectivity index (χ2n) is 2.82. The molecule has 4 nitrogen and oxygen atoms in total. The average Bonchev–Trinajstić information content (AvgIpc) is 2.63. The van der Waals surface area contributed by atoms with Crippen LogP contribution in [-0.4, -0.2) is 18.7 Å². The summed E-state index contributed by atoms with van der Waals surface area (Å²) in [5.41, 5.74) is 5.49. The molecule has 15 heavy (non-hydrogen) atoms. The highest BCUT2D eigenvalue weighted by molar-refractivity contribution is 9.10. The van der Waals surface area contributed by atoms with Gasteiger partial charge in [0.25, 0.3) is 0 Å². The van der Waals surface area contributed by atoms with Crippen molar-refractivity contribution in [2.75, 3.05) is 6.61 Å². The van der Waals surface area contributed by atoms with Gasteiger partial charge in [0.1, 0.15) is 11.8 Å². The first-order chi connectivity index (χ1) is 7.06. The number of hydrogen-bond donors (Lipinski definition) is 1. The van der Waals surface area contributed by atoms with Gasteiger partial charge in [-0.15, -0.1) is 0 Å². The highest BCUT2D eigenvalue weighted by Crippen LogP contribution is 2.23. The normalized spacial score (nSPS) is 14.7. The Morgan fingerprint density at radius 1 is 1.73 bits per heavy atom. The minimum atomic E-state index is -1.91. The molecule has 2 N–H and O–H groups in total. The molecule has 0 aliphatic carbocycles. The fourth-order valence-electron chi connectivity index (χ4n) is 1.02. The summed E-state index contributed by atoms with van der Waals surface area (Å²) >= 11 is 3.06. The van der Waals surface area contributed by atoms with Crippen molar-refractivity contribution in [2.45, 2.75) is 19.1 Å². The van der Waals surface area contributed by atoms with Crippen LogP contribution in [0.15, 0.2) is 21.2 Å². The molecule has 0 aromatic carbocycles. The van der Waals surface area contributed by atoms with Crippen molar-refractivity contribution in [3.63, 3.8) is 0 Å². The number of ether oxygens (including phenoxy) is 1. The molecule has 0 spiro atoms. The molecule has 1 unspecified atom stereocenters. The largest absolute Gasteiger partial charge is 0.464 e. The predicted octanol–water partition coefficient (Wildman–Crippen LogP) is 1.94. The zero-order chi connectivity index (χ0) is 11.4. The maximum Gasteiger partial charge on any atom is 0.342 e. The number of esters is 1. The molecule has 6 heteroatoms. The zero-order valence-electron chi connectivity index (χ0n) is 8.07. The molecule has 0 aliphatic heterocycles. The van der Waals surface area contributed by atoms with E-state index in [0.717, 1.165) is 0 Å². The number of alkyl halides is 1. The Kier molecular flexibility index (Phi) is 4.28. The lowest BCUT2D eigenvalue weighted by Gasteiger charge is -2.12. The molecule has 1 heterocycles. The van der Waals surface area contributed by atoms with E-state index in [0.29, 0.717) is 4.67 Å². The summed E-state index contributed by atoms with van der Waals surface area (Å²) in [6, 6.07) is 1.93. The molecule has 0 bridgehead atoms. The summed E-state index contributed by atoms with van der Waals surface area (Å²) < 4.78 is 23.4. The van der Waals surface area contributed by atoms with Gasteiger partial charge in [-0.3, -0.25) is 0 Å². The quantitative estimate of drug-likeness (QED) is 0.856. The molecular weight excluding hydrogens is 269 g/mol. The Morgan fingerprint density at radius 2 is 2.40 bits per heavy atom. The average molecular weight is 280 g/mol. The van der Waals surface area contributed by atoms with Crippen LogP contribution in [0.5, 0.6) is 0 Å². The van der Waals surface area contributed by atoms with Crippen molar-refractivity contribution in [3.8, 4) is 0 Å². The SMILES string of the molecule is CCOC(=O)C(F)[C@H](N)c1ccc(Br)o1. The van der Waals surface area contributed by atoms with Gasteiger partial charge in [-0.05, 0) is 35.0 Å². The van der Waals surface area contributed by atoms with Gasteiger partial charge in [0.15, 0.2) is 4.67 Å². The van der Waals surface area contributed by atoms with E-state index in [4.69, 9.17) is 10.2 Å². The summed E-state index contributed by atoms with van der Waals surface area (Å²) in [5.74, 6) is -0.778. The number of carbonyl (C=O) groups is 1. The fraction of sp³-hybridized carbons (Fsp3) is 0.444. The van der Waals surface area contributed by atoms with Gasteiger partial charge in [-0.25, -0.2) is 9.18 Å². The standard InChI is InChI=1S/C9H11BrFNO3/c1-2-14-9(13)7(11)8(12)5-3-4-6(10)15-5/h3-4,7-8H,2,12H2,1H3/t7?,8-/m1/s1. The van der Waals surface area contributed by atoms with Crippen molar-refractivity contribution in [3.05, 3.63) is 22.6 Å². The summed E-state index contributed by atoms with van der Waals surface area (Å²) in [6.45, 7) is 1.72. The first-order valence-corrected chi connectivity index (χ1v) is 5.17. The second-order valence-corrected chi connectivity index (χ2v) is 3.60. The van der Waals surface area contributed by atoms with Crippen LogP contribution >= 0.6 is 15.9 Å². The van der Waals surface area contributed by atoms with Crippen LogP contribution in [0.4, 0.5) is 4.39 Å². The fourth-order valence-corrected chi connectivity index (χ4v) is 1.34. The molecule has 1 aromatic rings. The van der Waals surface area contributed by atoms with Crippen LogP contribution in [0.2, 0.25) is 0 Å². The van der Waals surface area contributed by atoms with Gasteiger partial charge >= 0.3 is 5.97 Å². The van der Waals surface area contributed by atoms with Crippen molar-refractivity contribution < 1.29 is 18.3 Å². The molecule has 0 saturated carbocycles. The molecule has 1 aromatic heterocycles. The molecule has 0 saturated heterocycles. The summed E-state index contributed by atoms with van der Waals surface area (Å²) in [5, 5.41) is 0. The molecule has 84 valence electrons. The second kappa shape index (κ2) is 5.27. The monoisotopic (exact) mass is 279 g/mol. The summed E-state index contributed by atoms with van der Waals surface area (Å²) in [4.78, 5) is 11.0. The lowest BCUT2D eigenvalue weighted by Crippen LogP contribution is -2.31. The number of furan rings is 1. The third-order valence-electron chi connectivity index (χ3n) is 1.75. The summed E-state index contributed by atoms with van der Waals surface area (Å²) in [7, 11) is 0. The first kappa shape index (κ1) is 12.2. The molecule has 2 atom stereocenters. The molecule has 0 amide bonds. The Labute approximate surface area is 94.7 Å². The van der Waals surface area contributed by atoms with E-state index in [1.165, 1.54) is 6.07 Å². The van der Waals surface area contributed by atoms with Crippen LogP contribution in [0.25, 0.3) is 0 Å². The first-order valence-electron chi connectivity index (χ1n) is 4.37. The lowest BCUT2D eigenvalue weighted by molar-refractivity contribution is -0.150. The van der Waals surface area contributed by atoms with Crippen molar-refractivity contribution >= 4 is 21.9 Å². The molecule has 0 aliphatic rings. The van der Waals surface area contributed by atoms with E-state index < -0.39 is 18.2 Å². The van der Waals surface area contributed by atoms with Crippen LogP contribution in [0, 0.1) is 0 Å². The zero-order valence-corrected chi connectivity index (χ0v) is 9.66. The minimum Gasteiger partial charge on any atom is -0.464 e. The van der Waals surface area contributed by atoms with Gasteiger partial charge in [-0.1, -0.05) is 0 Å². The van der Waals surface area contributed by atoms with Crippen molar-refractivity contribution in [2.24, 2.45) is 5.73 Å². The van der Waals surface area contributed by atoms with E-state index in [2.05, 4.69) is 20.7 Å². The molecule has 1 rings (SSSR count). The van der Waals surface area contributed by atoms with E-state index in [1.54, 1.807) is 13.0 Å². The van der Waals surface area contributed by atoms with Gasteiger partial charge < -0.3 is 14.9 Å². The minimum absolute atomic E-state index is 0.119. The van der Waals surface area contributed by atoms with Gasteiger partial charge in [0, 0.05) is 0 Å². The van der Waals surface area contributed by atoms with Gasteiger partial charge in [0.2, 0.25) is 6.17 Å².